The fourth-order valence-corrected chi connectivity index (χ4v) is 1.03. The molecular weight excluding hydrogens is 192 g/mol. The molecule has 0 saturated carbocycles. The first kappa shape index (κ1) is 15.0. The lowest BCUT2D eigenvalue weighted by molar-refractivity contribution is 1.10. The van der Waals surface area contributed by atoms with E-state index in [0.717, 1.165) is 12.8 Å². The fourth-order valence-electron chi connectivity index (χ4n) is 1.03. The van der Waals surface area contributed by atoms with Crippen molar-refractivity contribution in [3.8, 4) is 0 Å². The Morgan fingerprint density at radius 2 is 0.938 bits per heavy atom. The number of hydrogen-bond acceptors (Lipinski definition) is 0. The number of rotatable bonds is 5. The van der Waals surface area contributed by atoms with Crippen molar-refractivity contribution in [2.75, 3.05) is 0 Å². The minimum atomic E-state index is 1.13. The lowest BCUT2D eigenvalue weighted by atomic mass is 10.1. The molecule has 0 bridgehead atoms. The SMILES string of the molecule is CC\C(C)=C/C=C(C)/C(C)=C/C=C(/C)CC. The molecule has 0 N–H and O–H groups in total. The van der Waals surface area contributed by atoms with E-state index in [-0.39, 0.29) is 0 Å². The van der Waals surface area contributed by atoms with Crippen molar-refractivity contribution >= 4 is 0 Å². The van der Waals surface area contributed by atoms with Crippen LogP contribution in [0.25, 0.3) is 0 Å². The molecule has 0 radical (unpaired) electrons. The molecule has 0 aliphatic carbocycles. The summed E-state index contributed by atoms with van der Waals surface area (Å²) in [5.41, 5.74) is 5.53. The summed E-state index contributed by atoms with van der Waals surface area (Å²) in [6, 6.07) is 0. The summed E-state index contributed by atoms with van der Waals surface area (Å²) in [4.78, 5) is 0. The molecule has 0 heteroatoms. The molecule has 90 valence electrons. The Hall–Kier alpha value is -1.04. The monoisotopic (exact) mass is 218 g/mol. The van der Waals surface area contributed by atoms with Crippen LogP contribution in [0.2, 0.25) is 0 Å². The molecule has 0 fully saturated rings. The molecule has 0 aromatic heterocycles. The van der Waals surface area contributed by atoms with Crippen LogP contribution in [0.5, 0.6) is 0 Å². The molecule has 0 spiro atoms. The van der Waals surface area contributed by atoms with E-state index < -0.39 is 0 Å². The molecule has 0 aromatic carbocycles. The Kier molecular flexibility index (Phi) is 7.62. The van der Waals surface area contributed by atoms with E-state index in [0.29, 0.717) is 0 Å². The Morgan fingerprint density at radius 3 is 1.19 bits per heavy atom. The largest absolute Gasteiger partial charge is 0.0736 e. The maximum atomic E-state index is 2.21. The predicted molar refractivity (Wildman–Crippen MR) is 75.6 cm³/mol. The van der Waals surface area contributed by atoms with Gasteiger partial charge < -0.3 is 0 Å². The first-order valence-electron chi connectivity index (χ1n) is 6.19. The van der Waals surface area contributed by atoms with Crippen LogP contribution in [-0.2, 0) is 0 Å². The third kappa shape index (κ3) is 6.44. The first-order chi connectivity index (χ1) is 7.51. The van der Waals surface area contributed by atoms with Gasteiger partial charge in [-0.15, -0.1) is 0 Å². The van der Waals surface area contributed by atoms with Crippen molar-refractivity contribution in [3.05, 3.63) is 46.6 Å². The van der Waals surface area contributed by atoms with E-state index in [1.165, 1.54) is 22.3 Å². The Balaban J connectivity index is 4.67. The van der Waals surface area contributed by atoms with Crippen LogP contribution in [0.1, 0.15) is 54.4 Å². The highest BCUT2D eigenvalue weighted by Gasteiger charge is 1.90. The van der Waals surface area contributed by atoms with E-state index in [1.807, 2.05) is 0 Å². The summed E-state index contributed by atoms with van der Waals surface area (Å²) >= 11 is 0. The third-order valence-corrected chi connectivity index (χ3v) is 2.97. The second-order valence-corrected chi connectivity index (χ2v) is 4.43. The number of hydrogen-bond donors (Lipinski definition) is 0. The van der Waals surface area contributed by atoms with Gasteiger partial charge in [0.25, 0.3) is 0 Å². The second-order valence-electron chi connectivity index (χ2n) is 4.43. The summed E-state index contributed by atoms with van der Waals surface area (Å²) in [5, 5.41) is 0. The third-order valence-electron chi connectivity index (χ3n) is 2.97. The van der Waals surface area contributed by atoms with Gasteiger partial charge >= 0.3 is 0 Å². The molecular formula is C16H26. The topological polar surface area (TPSA) is 0 Å². The van der Waals surface area contributed by atoms with E-state index >= 15 is 0 Å². The van der Waals surface area contributed by atoms with Gasteiger partial charge in [-0.25, -0.2) is 0 Å². The van der Waals surface area contributed by atoms with Gasteiger partial charge in [-0.3, -0.25) is 0 Å². The van der Waals surface area contributed by atoms with E-state index in [2.05, 4.69) is 65.8 Å². The highest BCUT2D eigenvalue weighted by molar-refractivity contribution is 5.34. The molecule has 0 aromatic rings. The smallest absolute Gasteiger partial charge is 0.0349 e. The molecule has 0 unspecified atom stereocenters. The number of allylic oxidation sites excluding steroid dienone is 8. The summed E-state index contributed by atoms with van der Waals surface area (Å²) in [6.45, 7) is 13.0. The molecule has 0 aliphatic rings. The first-order valence-corrected chi connectivity index (χ1v) is 6.19. The van der Waals surface area contributed by atoms with Gasteiger partial charge in [-0.2, -0.15) is 0 Å². The Bertz CT molecular complexity index is 288. The van der Waals surface area contributed by atoms with E-state index in [9.17, 15) is 0 Å². The van der Waals surface area contributed by atoms with Crippen LogP contribution >= 0.6 is 0 Å². The van der Waals surface area contributed by atoms with Crippen LogP contribution in [0.3, 0.4) is 0 Å². The maximum absolute atomic E-state index is 2.21. The van der Waals surface area contributed by atoms with Crippen LogP contribution in [0.15, 0.2) is 46.6 Å². The lowest BCUT2D eigenvalue weighted by Gasteiger charge is -2.00. The molecule has 0 nitrogen and oxygen atoms in total. The average molecular weight is 218 g/mol. The van der Waals surface area contributed by atoms with Crippen molar-refractivity contribution in [2.24, 2.45) is 0 Å². The van der Waals surface area contributed by atoms with Crippen LogP contribution in [0, 0.1) is 0 Å². The highest BCUT2D eigenvalue weighted by atomic mass is 14.0. The zero-order chi connectivity index (χ0) is 12.6. The van der Waals surface area contributed by atoms with Crippen molar-refractivity contribution in [2.45, 2.75) is 54.4 Å². The summed E-state index contributed by atoms with van der Waals surface area (Å²) in [6.07, 6.45) is 11.1. The minimum absolute atomic E-state index is 1.13. The predicted octanol–water partition coefficient (Wildman–Crippen LogP) is 5.59. The van der Waals surface area contributed by atoms with Gasteiger partial charge in [0.2, 0.25) is 0 Å². The molecule has 0 heterocycles. The summed E-state index contributed by atoms with van der Waals surface area (Å²) in [5.74, 6) is 0. The van der Waals surface area contributed by atoms with Crippen LogP contribution in [-0.4, -0.2) is 0 Å². The Labute approximate surface area is 101 Å². The van der Waals surface area contributed by atoms with Gasteiger partial charge in [0, 0.05) is 0 Å². The van der Waals surface area contributed by atoms with Gasteiger partial charge in [0.15, 0.2) is 0 Å². The van der Waals surface area contributed by atoms with E-state index in [4.69, 9.17) is 0 Å². The zero-order valence-corrected chi connectivity index (χ0v) is 11.7. The van der Waals surface area contributed by atoms with Crippen LogP contribution in [0.4, 0.5) is 0 Å². The second kappa shape index (κ2) is 8.15. The van der Waals surface area contributed by atoms with Crippen molar-refractivity contribution in [1.29, 1.82) is 0 Å². The zero-order valence-electron chi connectivity index (χ0n) is 11.7. The molecule has 0 aliphatic heterocycles. The maximum Gasteiger partial charge on any atom is -0.0349 e. The summed E-state index contributed by atoms with van der Waals surface area (Å²) < 4.78 is 0. The molecule has 0 rings (SSSR count). The van der Waals surface area contributed by atoms with Crippen LogP contribution < -0.4 is 0 Å². The fraction of sp³-hybridized carbons (Fsp3) is 0.500. The van der Waals surface area contributed by atoms with Crippen molar-refractivity contribution in [3.63, 3.8) is 0 Å². The highest BCUT2D eigenvalue weighted by Crippen LogP contribution is 2.11. The van der Waals surface area contributed by atoms with Gasteiger partial charge in [-0.05, 0) is 51.7 Å². The van der Waals surface area contributed by atoms with Gasteiger partial charge in [0.05, 0.1) is 0 Å². The van der Waals surface area contributed by atoms with Crippen molar-refractivity contribution < 1.29 is 0 Å². The minimum Gasteiger partial charge on any atom is -0.0736 e. The van der Waals surface area contributed by atoms with Gasteiger partial charge in [-0.1, -0.05) is 49.3 Å². The van der Waals surface area contributed by atoms with Crippen molar-refractivity contribution in [1.82, 2.24) is 0 Å². The lowest BCUT2D eigenvalue weighted by Crippen LogP contribution is -1.79. The van der Waals surface area contributed by atoms with Gasteiger partial charge in [0.1, 0.15) is 0 Å². The Morgan fingerprint density at radius 1 is 0.625 bits per heavy atom. The normalized spacial score (nSPS) is 15.6. The summed E-state index contributed by atoms with van der Waals surface area (Å²) in [7, 11) is 0. The average Bonchev–Trinajstić information content (AvgIpc) is 2.31. The standard InChI is InChI=1S/C16H26/c1-7-13(3)9-11-15(5)16(6)12-10-14(4)8-2/h9-12H,7-8H2,1-6H3/b13-9-,14-10-,15-11+,16-12+. The quantitative estimate of drug-likeness (QED) is 0.527. The molecule has 0 saturated heterocycles. The van der Waals surface area contributed by atoms with E-state index in [1.54, 1.807) is 0 Å². The molecule has 16 heavy (non-hydrogen) atoms. The molecule has 0 atom stereocenters. The molecule has 0 amide bonds.